The molecule has 0 aliphatic carbocycles. The molecule has 0 heterocycles. The van der Waals surface area contributed by atoms with E-state index in [0.29, 0.717) is 17.0 Å². The van der Waals surface area contributed by atoms with Gasteiger partial charge in [0.15, 0.2) is 0 Å². The molecule has 2 aromatic carbocycles. The van der Waals surface area contributed by atoms with Crippen molar-refractivity contribution in [2.24, 2.45) is 0 Å². The van der Waals surface area contributed by atoms with Crippen LogP contribution in [0.3, 0.4) is 0 Å². The Morgan fingerprint density at radius 1 is 1.10 bits per heavy atom. The van der Waals surface area contributed by atoms with Gasteiger partial charge in [0.25, 0.3) is 0 Å². The van der Waals surface area contributed by atoms with Crippen LogP contribution in [0.2, 0.25) is 0 Å². The maximum Gasteiger partial charge on any atom is 0.343 e. The molecule has 1 N–H and O–H groups in total. The zero-order valence-corrected chi connectivity index (χ0v) is 12.3. The van der Waals surface area contributed by atoms with Crippen LogP contribution >= 0.6 is 15.9 Å². The number of amides is 1. The Labute approximate surface area is 124 Å². The first kappa shape index (κ1) is 14.3. The van der Waals surface area contributed by atoms with Crippen LogP contribution in [0.5, 0.6) is 5.75 Å². The van der Waals surface area contributed by atoms with Crippen molar-refractivity contribution in [1.82, 2.24) is 0 Å². The SMILES string of the molecule is CC(=O)Nc1cccc(OC(=O)c2cccc(Br)c2)c1. The van der Waals surface area contributed by atoms with E-state index in [0.717, 1.165) is 4.47 Å². The topological polar surface area (TPSA) is 55.4 Å². The van der Waals surface area contributed by atoms with Crippen LogP contribution in [0, 0.1) is 0 Å². The van der Waals surface area contributed by atoms with Crippen LogP contribution in [0.15, 0.2) is 53.0 Å². The highest BCUT2D eigenvalue weighted by molar-refractivity contribution is 9.10. The van der Waals surface area contributed by atoms with Gasteiger partial charge >= 0.3 is 5.97 Å². The van der Waals surface area contributed by atoms with Crippen molar-refractivity contribution in [3.05, 3.63) is 58.6 Å². The summed E-state index contributed by atoms with van der Waals surface area (Å²) in [7, 11) is 0. The number of carbonyl (C=O) groups excluding carboxylic acids is 2. The van der Waals surface area contributed by atoms with E-state index in [4.69, 9.17) is 4.74 Å². The van der Waals surface area contributed by atoms with Gasteiger partial charge in [-0.05, 0) is 30.3 Å². The minimum absolute atomic E-state index is 0.180. The Hall–Kier alpha value is -2.14. The van der Waals surface area contributed by atoms with E-state index in [1.807, 2.05) is 6.07 Å². The number of nitrogens with one attached hydrogen (secondary N) is 1. The molecule has 20 heavy (non-hydrogen) atoms. The van der Waals surface area contributed by atoms with Crippen molar-refractivity contribution >= 4 is 33.5 Å². The van der Waals surface area contributed by atoms with Crippen LogP contribution in [0.25, 0.3) is 0 Å². The fourth-order valence-electron chi connectivity index (χ4n) is 1.62. The van der Waals surface area contributed by atoms with Gasteiger partial charge in [-0.3, -0.25) is 4.79 Å². The number of rotatable bonds is 3. The second-order valence-corrected chi connectivity index (χ2v) is 5.02. The lowest BCUT2D eigenvalue weighted by Gasteiger charge is -2.07. The monoisotopic (exact) mass is 333 g/mol. The third-order valence-electron chi connectivity index (χ3n) is 2.43. The predicted molar refractivity (Wildman–Crippen MR) is 79.8 cm³/mol. The molecular formula is C15H12BrNO3. The first-order chi connectivity index (χ1) is 9.54. The fourth-order valence-corrected chi connectivity index (χ4v) is 2.02. The highest BCUT2D eigenvalue weighted by atomic mass is 79.9. The van der Waals surface area contributed by atoms with Gasteiger partial charge in [-0.1, -0.05) is 28.1 Å². The van der Waals surface area contributed by atoms with E-state index in [2.05, 4.69) is 21.2 Å². The van der Waals surface area contributed by atoms with Crippen molar-refractivity contribution in [2.75, 3.05) is 5.32 Å². The van der Waals surface area contributed by atoms with E-state index in [1.165, 1.54) is 6.92 Å². The molecule has 0 radical (unpaired) electrons. The first-order valence-corrected chi connectivity index (χ1v) is 6.69. The molecule has 1 amide bonds. The number of hydrogen-bond acceptors (Lipinski definition) is 3. The molecule has 0 fully saturated rings. The summed E-state index contributed by atoms with van der Waals surface area (Å²) in [5.74, 6) is -0.257. The quantitative estimate of drug-likeness (QED) is 0.689. The molecule has 5 heteroatoms. The summed E-state index contributed by atoms with van der Waals surface area (Å²) in [4.78, 5) is 23.0. The van der Waals surface area contributed by atoms with E-state index >= 15 is 0 Å². The van der Waals surface area contributed by atoms with Gasteiger partial charge < -0.3 is 10.1 Å². The maximum absolute atomic E-state index is 12.0. The summed E-state index contributed by atoms with van der Waals surface area (Å²) in [6, 6.07) is 13.6. The Morgan fingerprint density at radius 2 is 1.85 bits per heavy atom. The standard InChI is InChI=1S/C15H12BrNO3/c1-10(18)17-13-6-3-7-14(9-13)20-15(19)11-4-2-5-12(16)8-11/h2-9H,1H3,(H,17,18). The molecule has 0 aromatic heterocycles. The summed E-state index contributed by atoms with van der Waals surface area (Å²) in [5, 5.41) is 2.63. The molecular weight excluding hydrogens is 322 g/mol. The fraction of sp³-hybridized carbons (Fsp3) is 0.0667. The van der Waals surface area contributed by atoms with Crippen molar-refractivity contribution in [3.8, 4) is 5.75 Å². The number of esters is 1. The minimum Gasteiger partial charge on any atom is -0.423 e. The third kappa shape index (κ3) is 3.93. The minimum atomic E-state index is -0.453. The van der Waals surface area contributed by atoms with Crippen LogP contribution in [0.4, 0.5) is 5.69 Å². The van der Waals surface area contributed by atoms with E-state index < -0.39 is 5.97 Å². The zero-order valence-electron chi connectivity index (χ0n) is 10.7. The average Bonchev–Trinajstić information content (AvgIpc) is 2.38. The number of ether oxygens (including phenoxy) is 1. The summed E-state index contributed by atoms with van der Waals surface area (Å²) < 4.78 is 6.07. The highest BCUT2D eigenvalue weighted by Gasteiger charge is 2.09. The molecule has 0 bridgehead atoms. The lowest BCUT2D eigenvalue weighted by atomic mass is 10.2. The predicted octanol–water partition coefficient (Wildman–Crippen LogP) is 3.63. The third-order valence-corrected chi connectivity index (χ3v) is 2.92. The highest BCUT2D eigenvalue weighted by Crippen LogP contribution is 2.19. The number of carbonyl (C=O) groups is 2. The average molecular weight is 334 g/mol. The Kier molecular flexibility index (Phi) is 4.53. The van der Waals surface area contributed by atoms with E-state index in [1.54, 1.807) is 42.5 Å². The second-order valence-electron chi connectivity index (χ2n) is 4.11. The molecule has 0 saturated heterocycles. The van der Waals surface area contributed by atoms with Crippen LogP contribution in [-0.4, -0.2) is 11.9 Å². The number of anilines is 1. The van der Waals surface area contributed by atoms with Crippen molar-refractivity contribution < 1.29 is 14.3 Å². The van der Waals surface area contributed by atoms with Crippen LogP contribution in [-0.2, 0) is 4.79 Å². The molecule has 4 nitrogen and oxygen atoms in total. The van der Waals surface area contributed by atoms with Crippen molar-refractivity contribution in [2.45, 2.75) is 6.92 Å². The Bertz CT molecular complexity index is 655. The normalized spacial score (nSPS) is 9.90. The molecule has 102 valence electrons. The lowest BCUT2D eigenvalue weighted by Crippen LogP contribution is -2.09. The molecule has 0 unspecified atom stereocenters. The Morgan fingerprint density at radius 3 is 2.55 bits per heavy atom. The molecule has 0 aliphatic heterocycles. The van der Waals surface area contributed by atoms with Gasteiger partial charge in [-0.15, -0.1) is 0 Å². The van der Waals surface area contributed by atoms with Crippen molar-refractivity contribution in [3.63, 3.8) is 0 Å². The second kappa shape index (κ2) is 6.34. The van der Waals surface area contributed by atoms with Gasteiger partial charge in [0.2, 0.25) is 5.91 Å². The number of hydrogen-bond donors (Lipinski definition) is 1. The molecule has 2 aromatic rings. The zero-order chi connectivity index (χ0) is 14.5. The van der Waals surface area contributed by atoms with Gasteiger partial charge in [-0.25, -0.2) is 4.79 Å². The molecule has 0 atom stereocenters. The lowest BCUT2D eigenvalue weighted by molar-refractivity contribution is -0.114. The molecule has 2 rings (SSSR count). The van der Waals surface area contributed by atoms with Gasteiger partial charge in [-0.2, -0.15) is 0 Å². The smallest absolute Gasteiger partial charge is 0.343 e. The summed E-state index contributed by atoms with van der Waals surface area (Å²) in [6.45, 7) is 1.42. The summed E-state index contributed by atoms with van der Waals surface area (Å²) in [6.07, 6.45) is 0. The molecule has 0 aliphatic rings. The van der Waals surface area contributed by atoms with Crippen LogP contribution < -0.4 is 10.1 Å². The summed E-state index contributed by atoms with van der Waals surface area (Å²) >= 11 is 3.30. The van der Waals surface area contributed by atoms with Gasteiger partial charge in [0.1, 0.15) is 5.75 Å². The summed E-state index contributed by atoms with van der Waals surface area (Å²) in [5.41, 5.74) is 1.03. The van der Waals surface area contributed by atoms with Crippen LogP contribution in [0.1, 0.15) is 17.3 Å². The number of benzene rings is 2. The maximum atomic E-state index is 12.0. The van der Waals surface area contributed by atoms with Gasteiger partial charge in [0, 0.05) is 23.2 Å². The van der Waals surface area contributed by atoms with Crippen molar-refractivity contribution in [1.29, 1.82) is 0 Å². The van der Waals surface area contributed by atoms with Gasteiger partial charge in [0.05, 0.1) is 5.56 Å². The van der Waals surface area contributed by atoms with E-state index in [9.17, 15) is 9.59 Å². The first-order valence-electron chi connectivity index (χ1n) is 5.90. The van der Waals surface area contributed by atoms with E-state index in [-0.39, 0.29) is 5.91 Å². The number of halogens is 1. The molecule has 0 saturated carbocycles. The Balaban J connectivity index is 2.13. The largest absolute Gasteiger partial charge is 0.423 e. The molecule has 0 spiro atoms.